The van der Waals surface area contributed by atoms with E-state index in [4.69, 9.17) is 18.9 Å². The van der Waals surface area contributed by atoms with Crippen LogP contribution in [0.4, 0.5) is 0 Å². The summed E-state index contributed by atoms with van der Waals surface area (Å²) < 4.78 is 23.5. The molecule has 0 aliphatic rings. The maximum Gasteiger partial charge on any atom is 0.128 e. The molecule has 4 nitrogen and oxygen atoms in total. The Balaban J connectivity index is 1.05. The van der Waals surface area contributed by atoms with E-state index in [1.54, 1.807) is 12.2 Å². The number of rotatable bonds is 12. The Morgan fingerprint density at radius 2 is 0.705 bits per heavy atom. The van der Waals surface area contributed by atoms with Crippen molar-refractivity contribution in [2.45, 2.75) is 0 Å². The predicted molar refractivity (Wildman–Crippen MR) is 181 cm³/mol. The van der Waals surface area contributed by atoms with Crippen molar-refractivity contribution in [2.24, 2.45) is 0 Å². The second-order valence-electron chi connectivity index (χ2n) is 10.2. The van der Waals surface area contributed by atoms with Crippen molar-refractivity contribution in [1.82, 2.24) is 0 Å². The fourth-order valence-electron chi connectivity index (χ4n) is 4.78. The predicted octanol–water partition coefficient (Wildman–Crippen LogP) is 10.9. The first-order valence-electron chi connectivity index (χ1n) is 14.4. The summed E-state index contributed by atoms with van der Waals surface area (Å²) in [7, 11) is 0. The molecule has 0 bridgehead atoms. The van der Waals surface area contributed by atoms with Gasteiger partial charge in [0, 0.05) is 0 Å². The Morgan fingerprint density at radius 1 is 0.386 bits per heavy atom. The monoisotopic (exact) mass is 576 g/mol. The molecule has 0 saturated carbocycles. The molecule has 0 fully saturated rings. The lowest BCUT2D eigenvalue weighted by atomic mass is 10.1. The summed E-state index contributed by atoms with van der Waals surface area (Å²) in [5.41, 5.74) is 2.16. The molecule has 0 N–H and O–H groups in total. The average Bonchev–Trinajstić information content (AvgIpc) is 3.06. The van der Waals surface area contributed by atoms with Gasteiger partial charge in [-0.3, -0.25) is 0 Å². The number of hydrogen-bond acceptors (Lipinski definition) is 4. The standard InChI is InChI=1S/C40H32O4/c1-3-23-41-37-19-11-33-27-39(21-13-31(33)25-37)43-35-15-7-29(8-16-35)5-6-30-9-17-36(18-10-30)44-40-22-14-32-26-38(42-24-4-2)20-12-34(32)28-40/h3-22,25-28H,1-2,23-24H2/b6-5+. The van der Waals surface area contributed by atoms with Crippen molar-refractivity contribution in [1.29, 1.82) is 0 Å². The highest BCUT2D eigenvalue weighted by molar-refractivity contribution is 5.86. The Bertz CT molecular complexity index is 1790. The molecule has 4 heteroatoms. The fourth-order valence-corrected chi connectivity index (χ4v) is 4.78. The molecule has 0 saturated heterocycles. The lowest BCUT2D eigenvalue weighted by Gasteiger charge is -2.09. The average molecular weight is 577 g/mol. The van der Waals surface area contributed by atoms with E-state index in [0.29, 0.717) is 13.2 Å². The van der Waals surface area contributed by atoms with Gasteiger partial charge in [-0.2, -0.15) is 0 Å². The van der Waals surface area contributed by atoms with Gasteiger partial charge in [0.1, 0.15) is 47.7 Å². The van der Waals surface area contributed by atoms with E-state index in [1.165, 1.54) is 0 Å². The van der Waals surface area contributed by atoms with E-state index in [2.05, 4.69) is 25.3 Å². The minimum absolute atomic E-state index is 0.487. The van der Waals surface area contributed by atoms with Gasteiger partial charge in [-0.1, -0.05) is 86.0 Å². The van der Waals surface area contributed by atoms with Crippen LogP contribution in [0.1, 0.15) is 11.1 Å². The maximum absolute atomic E-state index is 6.11. The lowest BCUT2D eigenvalue weighted by molar-refractivity contribution is 0.363. The molecule has 0 radical (unpaired) electrons. The van der Waals surface area contributed by atoms with Gasteiger partial charge in [0.05, 0.1) is 0 Å². The van der Waals surface area contributed by atoms with E-state index >= 15 is 0 Å². The maximum atomic E-state index is 6.11. The Labute approximate surface area is 257 Å². The summed E-state index contributed by atoms with van der Waals surface area (Å²) in [6, 6.07) is 40.2. The zero-order valence-electron chi connectivity index (χ0n) is 24.3. The van der Waals surface area contributed by atoms with Crippen LogP contribution >= 0.6 is 0 Å². The van der Waals surface area contributed by atoms with Crippen molar-refractivity contribution in [3.05, 3.63) is 158 Å². The first kappa shape index (κ1) is 28.4. The number of fused-ring (bicyclic) bond motifs is 2. The Hall–Kier alpha value is -5.74. The van der Waals surface area contributed by atoms with Crippen LogP contribution in [-0.4, -0.2) is 13.2 Å². The SMILES string of the molecule is C=CCOc1ccc2cc(Oc3ccc(/C=C/c4ccc(Oc5ccc6cc(OCC=C)ccc6c5)cc4)cc3)ccc2c1. The third-order valence-corrected chi connectivity index (χ3v) is 7.00. The molecule has 0 aromatic heterocycles. The second-order valence-corrected chi connectivity index (χ2v) is 10.2. The lowest BCUT2D eigenvalue weighted by Crippen LogP contribution is -1.92. The van der Waals surface area contributed by atoms with Gasteiger partial charge in [0.2, 0.25) is 0 Å². The van der Waals surface area contributed by atoms with Gasteiger partial charge in [0.25, 0.3) is 0 Å². The third-order valence-electron chi connectivity index (χ3n) is 7.00. The molecule has 6 rings (SSSR count). The van der Waals surface area contributed by atoms with Gasteiger partial charge < -0.3 is 18.9 Å². The van der Waals surface area contributed by atoms with Crippen LogP contribution in [0.5, 0.6) is 34.5 Å². The fraction of sp³-hybridized carbons (Fsp3) is 0.0500. The molecule has 0 aliphatic heterocycles. The number of hydrogen-bond donors (Lipinski definition) is 0. The smallest absolute Gasteiger partial charge is 0.128 e. The summed E-state index contributed by atoms with van der Waals surface area (Å²) >= 11 is 0. The zero-order valence-corrected chi connectivity index (χ0v) is 24.3. The summed E-state index contributed by atoms with van der Waals surface area (Å²) in [6.07, 6.45) is 7.64. The highest BCUT2D eigenvalue weighted by atomic mass is 16.5. The molecule has 0 amide bonds. The normalized spacial score (nSPS) is 11.0. The van der Waals surface area contributed by atoms with Gasteiger partial charge >= 0.3 is 0 Å². The van der Waals surface area contributed by atoms with E-state index in [1.807, 2.05) is 121 Å². The summed E-state index contributed by atoms with van der Waals surface area (Å²) in [4.78, 5) is 0. The molecule has 0 heterocycles. The molecule has 44 heavy (non-hydrogen) atoms. The van der Waals surface area contributed by atoms with E-state index in [0.717, 1.165) is 67.2 Å². The minimum Gasteiger partial charge on any atom is -0.490 e. The van der Waals surface area contributed by atoms with Crippen LogP contribution in [0.25, 0.3) is 33.7 Å². The Morgan fingerprint density at radius 3 is 1.07 bits per heavy atom. The van der Waals surface area contributed by atoms with Crippen molar-refractivity contribution in [3.8, 4) is 34.5 Å². The van der Waals surface area contributed by atoms with Crippen molar-refractivity contribution < 1.29 is 18.9 Å². The molecule has 0 aliphatic carbocycles. The van der Waals surface area contributed by atoms with Crippen LogP contribution in [0.15, 0.2) is 147 Å². The first-order valence-corrected chi connectivity index (χ1v) is 14.4. The number of ether oxygens (including phenoxy) is 4. The molecular formula is C40H32O4. The Kier molecular flexibility index (Phi) is 8.70. The van der Waals surface area contributed by atoms with Gasteiger partial charge in [-0.25, -0.2) is 0 Å². The van der Waals surface area contributed by atoms with Crippen molar-refractivity contribution in [2.75, 3.05) is 13.2 Å². The quantitative estimate of drug-likeness (QED) is 0.107. The third kappa shape index (κ3) is 7.18. The second kappa shape index (κ2) is 13.5. The molecule has 0 unspecified atom stereocenters. The molecule has 6 aromatic rings. The number of benzene rings is 6. The molecule has 216 valence electrons. The molecule has 6 aromatic carbocycles. The van der Waals surface area contributed by atoms with Crippen LogP contribution in [0.2, 0.25) is 0 Å². The van der Waals surface area contributed by atoms with Gasteiger partial charge in [-0.05, 0) is 105 Å². The van der Waals surface area contributed by atoms with Gasteiger partial charge in [-0.15, -0.1) is 0 Å². The highest BCUT2D eigenvalue weighted by Gasteiger charge is 2.04. The van der Waals surface area contributed by atoms with Gasteiger partial charge in [0.15, 0.2) is 0 Å². The highest BCUT2D eigenvalue weighted by Crippen LogP contribution is 2.30. The molecule has 0 atom stereocenters. The largest absolute Gasteiger partial charge is 0.490 e. The van der Waals surface area contributed by atoms with E-state index < -0.39 is 0 Å². The summed E-state index contributed by atoms with van der Waals surface area (Å²) in [5.74, 6) is 4.79. The molecule has 0 spiro atoms. The molecular weight excluding hydrogens is 544 g/mol. The zero-order chi connectivity index (χ0) is 30.1. The topological polar surface area (TPSA) is 36.9 Å². The van der Waals surface area contributed by atoms with E-state index in [-0.39, 0.29) is 0 Å². The summed E-state index contributed by atoms with van der Waals surface area (Å²) in [6.45, 7) is 8.36. The van der Waals surface area contributed by atoms with Crippen LogP contribution < -0.4 is 18.9 Å². The first-order chi connectivity index (χ1) is 21.6. The van der Waals surface area contributed by atoms with Crippen LogP contribution in [-0.2, 0) is 0 Å². The van der Waals surface area contributed by atoms with Crippen molar-refractivity contribution in [3.63, 3.8) is 0 Å². The van der Waals surface area contributed by atoms with Crippen LogP contribution in [0.3, 0.4) is 0 Å². The van der Waals surface area contributed by atoms with Crippen LogP contribution in [0, 0.1) is 0 Å². The minimum atomic E-state index is 0.487. The summed E-state index contributed by atoms with van der Waals surface area (Å²) in [5, 5.41) is 4.37. The van der Waals surface area contributed by atoms with E-state index in [9.17, 15) is 0 Å². The van der Waals surface area contributed by atoms with Crippen molar-refractivity contribution >= 4 is 33.7 Å².